The zero-order chi connectivity index (χ0) is 20.9. The highest BCUT2D eigenvalue weighted by atomic mass is 32.2. The van der Waals surface area contributed by atoms with Gasteiger partial charge in [0.05, 0.1) is 5.75 Å². The molecular weight excluding hydrogens is 392 g/mol. The molecule has 4 rings (SSSR count). The van der Waals surface area contributed by atoms with Crippen LogP contribution >= 0.6 is 11.8 Å². The van der Waals surface area contributed by atoms with Crippen LogP contribution in [0.4, 0.5) is 0 Å². The van der Waals surface area contributed by atoms with E-state index in [9.17, 15) is 4.79 Å². The van der Waals surface area contributed by atoms with E-state index in [0.717, 1.165) is 29.5 Å². The van der Waals surface area contributed by atoms with Crippen LogP contribution in [0.5, 0.6) is 0 Å². The smallest absolute Gasteiger partial charge is 0.233 e. The summed E-state index contributed by atoms with van der Waals surface area (Å²) in [6.45, 7) is 4.31. The van der Waals surface area contributed by atoms with E-state index in [1.54, 1.807) is 0 Å². The molecule has 2 atom stereocenters. The Labute approximate surface area is 182 Å². The van der Waals surface area contributed by atoms with Crippen LogP contribution in [-0.2, 0) is 11.2 Å². The zero-order valence-electron chi connectivity index (χ0n) is 17.6. The minimum Gasteiger partial charge on any atom is -0.337 e. The van der Waals surface area contributed by atoms with Gasteiger partial charge in [-0.2, -0.15) is 0 Å². The lowest BCUT2D eigenvalue weighted by Crippen LogP contribution is -2.48. The van der Waals surface area contributed by atoms with Gasteiger partial charge in [-0.3, -0.25) is 9.36 Å². The Morgan fingerprint density at radius 2 is 1.60 bits per heavy atom. The number of carbonyl (C=O) groups excluding carboxylic acids is 1. The fraction of sp³-hybridized carbons (Fsp3) is 0.375. The van der Waals surface area contributed by atoms with Crippen LogP contribution in [0, 0.1) is 0 Å². The van der Waals surface area contributed by atoms with Crippen molar-refractivity contribution in [1.29, 1.82) is 0 Å². The molecule has 5 nitrogen and oxygen atoms in total. The number of likely N-dealkylation sites (tertiary alicyclic amines) is 1. The molecule has 1 saturated heterocycles. The van der Waals surface area contributed by atoms with Gasteiger partial charge >= 0.3 is 0 Å². The standard InChI is InChI=1S/C24H28N4OS/c1-18-10-9-11-19(2)27(18)23(29)17-30-24-26-25-22(16-20-12-5-3-6-13-20)28(24)21-14-7-4-8-15-21/h3-8,12-15,18-19H,9-11,16-17H2,1-2H3/t18-,19+. The Morgan fingerprint density at radius 1 is 0.967 bits per heavy atom. The molecule has 0 unspecified atom stereocenters. The number of nitrogens with zero attached hydrogens (tertiary/aromatic N) is 4. The van der Waals surface area contributed by atoms with Gasteiger partial charge in [-0.1, -0.05) is 60.3 Å². The van der Waals surface area contributed by atoms with Gasteiger partial charge in [0, 0.05) is 24.2 Å². The molecule has 0 radical (unpaired) electrons. The number of amides is 1. The maximum Gasteiger partial charge on any atom is 0.233 e. The van der Waals surface area contributed by atoms with Crippen LogP contribution in [-0.4, -0.2) is 43.4 Å². The number of thioether (sulfide) groups is 1. The molecule has 1 aliphatic heterocycles. The molecule has 30 heavy (non-hydrogen) atoms. The maximum absolute atomic E-state index is 13.0. The first-order valence-electron chi connectivity index (χ1n) is 10.6. The van der Waals surface area contributed by atoms with Crippen molar-refractivity contribution >= 4 is 17.7 Å². The molecule has 2 heterocycles. The Kier molecular flexibility index (Phi) is 6.53. The second-order valence-corrected chi connectivity index (χ2v) is 8.89. The number of hydrogen-bond acceptors (Lipinski definition) is 4. The van der Waals surface area contributed by atoms with Crippen molar-refractivity contribution in [3.8, 4) is 5.69 Å². The van der Waals surface area contributed by atoms with Gasteiger partial charge in [0.15, 0.2) is 5.16 Å². The van der Waals surface area contributed by atoms with E-state index in [0.29, 0.717) is 24.3 Å². The summed E-state index contributed by atoms with van der Waals surface area (Å²) in [5.41, 5.74) is 2.20. The first kappa shape index (κ1) is 20.7. The van der Waals surface area contributed by atoms with Crippen molar-refractivity contribution in [3.63, 3.8) is 0 Å². The molecule has 0 bridgehead atoms. The van der Waals surface area contributed by atoms with Crippen LogP contribution in [0.15, 0.2) is 65.8 Å². The minimum absolute atomic E-state index is 0.187. The normalized spacial score (nSPS) is 19.1. The highest BCUT2D eigenvalue weighted by Crippen LogP contribution is 2.27. The number of benzene rings is 2. The third-order valence-electron chi connectivity index (χ3n) is 5.73. The summed E-state index contributed by atoms with van der Waals surface area (Å²) in [4.78, 5) is 15.0. The summed E-state index contributed by atoms with van der Waals surface area (Å²) in [7, 11) is 0. The molecular formula is C24H28N4OS. The van der Waals surface area contributed by atoms with E-state index in [1.165, 1.54) is 23.7 Å². The molecule has 1 aliphatic rings. The van der Waals surface area contributed by atoms with Crippen LogP contribution in [0.1, 0.15) is 44.5 Å². The highest BCUT2D eigenvalue weighted by Gasteiger charge is 2.29. The fourth-order valence-electron chi connectivity index (χ4n) is 4.24. The van der Waals surface area contributed by atoms with Crippen molar-refractivity contribution in [2.24, 2.45) is 0 Å². The van der Waals surface area contributed by atoms with E-state index in [1.807, 2.05) is 36.4 Å². The Morgan fingerprint density at radius 3 is 2.27 bits per heavy atom. The largest absolute Gasteiger partial charge is 0.337 e. The molecule has 1 amide bonds. The molecule has 1 aromatic heterocycles. The van der Waals surface area contributed by atoms with Gasteiger partial charge in [-0.05, 0) is 50.8 Å². The number of piperidine rings is 1. The van der Waals surface area contributed by atoms with E-state index in [2.05, 4.69) is 57.8 Å². The Hall–Kier alpha value is -2.60. The number of para-hydroxylation sites is 1. The van der Waals surface area contributed by atoms with Crippen molar-refractivity contribution in [2.45, 2.75) is 56.8 Å². The molecule has 6 heteroatoms. The Bertz CT molecular complexity index is 963. The molecule has 156 valence electrons. The number of hydrogen-bond donors (Lipinski definition) is 0. The van der Waals surface area contributed by atoms with Crippen molar-refractivity contribution < 1.29 is 4.79 Å². The van der Waals surface area contributed by atoms with Crippen LogP contribution in [0.25, 0.3) is 5.69 Å². The molecule has 3 aromatic rings. The quantitative estimate of drug-likeness (QED) is 0.541. The average molecular weight is 421 g/mol. The van der Waals surface area contributed by atoms with Gasteiger partial charge in [0.25, 0.3) is 0 Å². The monoisotopic (exact) mass is 420 g/mol. The summed E-state index contributed by atoms with van der Waals surface area (Å²) < 4.78 is 2.08. The lowest BCUT2D eigenvalue weighted by molar-refractivity contribution is -0.134. The third kappa shape index (κ3) is 4.59. The third-order valence-corrected chi connectivity index (χ3v) is 6.64. The van der Waals surface area contributed by atoms with E-state index in [4.69, 9.17) is 0 Å². The van der Waals surface area contributed by atoms with Crippen LogP contribution in [0.2, 0.25) is 0 Å². The summed E-state index contributed by atoms with van der Waals surface area (Å²) in [5.74, 6) is 1.44. The molecule has 2 aromatic carbocycles. The van der Waals surface area contributed by atoms with Gasteiger partial charge in [0.2, 0.25) is 5.91 Å². The lowest BCUT2D eigenvalue weighted by atomic mass is 9.98. The number of carbonyl (C=O) groups is 1. The first-order valence-corrected chi connectivity index (χ1v) is 11.6. The summed E-state index contributed by atoms with van der Waals surface area (Å²) >= 11 is 1.48. The van der Waals surface area contributed by atoms with Gasteiger partial charge in [-0.25, -0.2) is 0 Å². The van der Waals surface area contributed by atoms with Gasteiger partial charge < -0.3 is 4.90 Å². The molecule has 0 saturated carbocycles. The predicted octanol–water partition coefficient (Wildman–Crippen LogP) is 4.74. The predicted molar refractivity (Wildman–Crippen MR) is 121 cm³/mol. The lowest BCUT2D eigenvalue weighted by Gasteiger charge is -2.39. The van der Waals surface area contributed by atoms with Gasteiger partial charge in [-0.15, -0.1) is 10.2 Å². The van der Waals surface area contributed by atoms with Gasteiger partial charge in [0.1, 0.15) is 5.82 Å². The molecule has 0 N–H and O–H groups in total. The molecule has 1 fully saturated rings. The van der Waals surface area contributed by atoms with Crippen molar-refractivity contribution in [1.82, 2.24) is 19.7 Å². The van der Waals surface area contributed by atoms with Crippen molar-refractivity contribution in [2.75, 3.05) is 5.75 Å². The topological polar surface area (TPSA) is 51.0 Å². The van der Waals surface area contributed by atoms with E-state index in [-0.39, 0.29) is 5.91 Å². The number of rotatable bonds is 6. The van der Waals surface area contributed by atoms with Crippen LogP contribution in [0.3, 0.4) is 0 Å². The van der Waals surface area contributed by atoms with E-state index < -0.39 is 0 Å². The summed E-state index contributed by atoms with van der Waals surface area (Å²) in [6, 6.07) is 21.0. The van der Waals surface area contributed by atoms with E-state index >= 15 is 0 Å². The van der Waals surface area contributed by atoms with Crippen LogP contribution < -0.4 is 0 Å². The molecule has 0 aliphatic carbocycles. The molecule has 0 spiro atoms. The summed E-state index contributed by atoms with van der Waals surface area (Å²) in [5, 5.41) is 9.69. The summed E-state index contributed by atoms with van der Waals surface area (Å²) in [6.07, 6.45) is 4.06. The maximum atomic E-state index is 13.0. The Balaban J connectivity index is 1.56. The minimum atomic E-state index is 0.187. The second-order valence-electron chi connectivity index (χ2n) is 7.95. The van der Waals surface area contributed by atoms with Crippen molar-refractivity contribution in [3.05, 3.63) is 72.1 Å². The number of aromatic nitrogens is 3. The SMILES string of the molecule is C[C@@H]1CCC[C@H](C)N1C(=O)CSc1nnc(Cc2ccccc2)n1-c1ccccc1. The first-order chi connectivity index (χ1) is 14.6. The average Bonchev–Trinajstić information content (AvgIpc) is 3.16. The fourth-order valence-corrected chi connectivity index (χ4v) is 5.08. The highest BCUT2D eigenvalue weighted by molar-refractivity contribution is 7.99. The second kappa shape index (κ2) is 9.47. The zero-order valence-corrected chi connectivity index (χ0v) is 18.4.